The molecule has 0 spiro atoms. The summed E-state index contributed by atoms with van der Waals surface area (Å²) in [5, 5.41) is 9.22. The molecule has 1 aliphatic heterocycles. The Kier molecular flexibility index (Phi) is 4.80. The molecule has 8 heteroatoms. The molecular formula is C12H12Cl2N2O4. The van der Waals surface area contributed by atoms with Gasteiger partial charge < -0.3 is 14.7 Å². The molecule has 20 heavy (non-hydrogen) atoms. The Morgan fingerprint density at radius 1 is 1.50 bits per heavy atom. The Labute approximate surface area is 125 Å². The highest BCUT2D eigenvalue weighted by atomic mass is 35.5. The number of morpholine rings is 1. The average Bonchev–Trinajstić information content (AvgIpc) is 2.41. The van der Waals surface area contributed by atoms with Crippen LogP contribution in [-0.2, 0) is 9.53 Å². The van der Waals surface area contributed by atoms with E-state index in [0.717, 1.165) is 0 Å². The third-order valence-electron chi connectivity index (χ3n) is 2.95. The van der Waals surface area contributed by atoms with Crippen LogP contribution in [0.3, 0.4) is 0 Å². The van der Waals surface area contributed by atoms with E-state index >= 15 is 0 Å². The first-order valence-corrected chi connectivity index (χ1v) is 6.66. The minimum atomic E-state index is -0.989. The van der Waals surface area contributed by atoms with Gasteiger partial charge in [-0.15, -0.1) is 0 Å². The molecule has 1 aromatic heterocycles. The lowest BCUT2D eigenvalue weighted by Gasteiger charge is -2.35. The van der Waals surface area contributed by atoms with Crippen LogP contribution in [0, 0.1) is 0 Å². The second-order valence-electron chi connectivity index (χ2n) is 4.31. The predicted molar refractivity (Wildman–Crippen MR) is 72.2 cm³/mol. The van der Waals surface area contributed by atoms with E-state index in [4.69, 9.17) is 33.0 Å². The summed E-state index contributed by atoms with van der Waals surface area (Å²) in [6, 6.07) is 0.858. The van der Waals surface area contributed by atoms with Gasteiger partial charge in [0.15, 0.2) is 0 Å². The molecule has 0 aliphatic carbocycles. The molecule has 0 saturated carbocycles. The second-order valence-corrected chi connectivity index (χ2v) is 5.11. The number of aliphatic carboxylic acids is 1. The van der Waals surface area contributed by atoms with Crippen LogP contribution in [0.25, 0.3) is 0 Å². The Morgan fingerprint density at radius 3 is 2.95 bits per heavy atom. The normalized spacial score (nSPS) is 18.9. The Morgan fingerprint density at radius 2 is 2.25 bits per heavy atom. The molecule has 0 aromatic carbocycles. The van der Waals surface area contributed by atoms with Gasteiger partial charge in [0.05, 0.1) is 36.3 Å². The van der Waals surface area contributed by atoms with E-state index in [0.29, 0.717) is 13.2 Å². The van der Waals surface area contributed by atoms with Crippen molar-refractivity contribution in [3.63, 3.8) is 0 Å². The van der Waals surface area contributed by atoms with E-state index in [9.17, 15) is 9.59 Å². The number of carbonyl (C=O) groups is 2. The zero-order valence-corrected chi connectivity index (χ0v) is 11.9. The average molecular weight is 319 g/mol. The van der Waals surface area contributed by atoms with E-state index < -0.39 is 12.0 Å². The van der Waals surface area contributed by atoms with Gasteiger partial charge in [-0.1, -0.05) is 23.2 Å². The molecule has 1 N–H and O–H groups in total. The fourth-order valence-corrected chi connectivity index (χ4v) is 2.37. The molecule has 0 bridgehead atoms. The molecule has 1 saturated heterocycles. The van der Waals surface area contributed by atoms with Crippen LogP contribution >= 0.6 is 23.2 Å². The lowest BCUT2D eigenvalue weighted by molar-refractivity contribution is -0.139. The predicted octanol–water partition coefficient (Wildman–Crippen LogP) is 1.70. The zero-order chi connectivity index (χ0) is 14.7. The van der Waals surface area contributed by atoms with Crippen molar-refractivity contribution >= 4 is 35.1 Å². The topological polar surface area (TPSA) is 79.7 Å². The van der Waals surface area contributed by atoms with Gasteiger partial charge in [0, 0.05) is 12.7 Å². The van der Waals surface area contributed by atoms with Gasteiger partial charge in [0.25, 0.3) is 5.91 Å². The lowest BCUT2D eigenvalue weighted by atomic mass is 10.1. The van der Waals surface area contributed by atoms with Crippen LogP contribution in [0.4, 0.5) is 0 Å². The SMILES string of the molecule is O=C(O)CC1COCCN1C(=O)c1cc(Cl)ncc1Cl. The van der Waals surface area contributed by atoms with Crippen molar-refractivity contribution in [1.82, 2.24) is 9.88 Å². The molecule has 1 aromatic rings. The minimum Gasteiger partial charge on any atom is -0.481 e. The van der Waals surface area contributed by atoms with Crippen molar-refractivity contribution in [3.05, 3.63) is 28.0 Å². The number of aromatic nitrogens is 1. The summed E-state index contributed by atoms with van der Waals surface area (Å²) in [6.07, 6.45) is 1.12. The molecule has 2 heterocycles. The standard InChI is InChI=1S/C12H12Cl2N2O4/c13-9-5-15-10(14)4-8(9)12(19)16-1-2-20-6-7(16)3-11(17)18/h4-5,7H,1-3,6H2,(H,17,18). The molecule has 108 valence electrons. The van der Waals surface area contributed by atoms with Crippen molar-refractivity contribution in [3.8, 4) is 0 Å². The van der Waals surface area contributed by atoms with E-state index in [1.165, 1.54) is 17.2 Å². The summed E-state index contributed by atoms with van der Waals surface area (Å²) in [5.41, 5.74) is 0.212. The van der Waals surface area contributed by atoms with Crippen molar-refractivity contribution < 1.29 is 19.4 Å². The van der Waals surface area contributed by atoms with Crippen molar-refractivity contribution in [2.45, 2.75) is 12.5 Å². The number of carbonyl (C=O) groups excluding carboxylic acids is 1. The molecule has 1 aliphatic rings. The Balaban J connectivity index is 2.25. The molecule has 1 atom stereocenters. The number of carboxylic acids is 1. The van der Waals surface area contributed by atoms with Crippen LogP contribution in [-0.4, -0.2) is 52.7 Å². The molecule has 1 amide bonds. The van der Waals surface area contributed by atoms with Gasteiger partial charge >= 0.3 is 5.97 Å². The van der Waals surface area contributed by atoms with Crippen LogP contribution in [0.15, 0.2) is 12.3 Å². The number of carboxylic acid groups (broad SMARTS) is 1. The third-order valence-corrected chi connectivity index (χ3v) is 3.46. The number of nitrogens with zero attached hydrogens (tertiary/aromatic N) is 2. The monoisotopic (exact) mass is 318 g/mol. The maximum absolute atomic E-state index is 12.5. The van der Waals surface area contributed by atoms with Crippen LogP contribution in [0.1, 0.15) is 16.8 Å². The summed E-state index contributed by atoms with van der Waals surface area (Å²) in [4.78, 5) is 28.5. The first-order valence-electron chi connectivity index (χ1n) is 5.90. The van der Waals surface area contributed by atoms with Crippen molar-refractivity contribution in [2.24, 2.45) is 0 Å². The highest BCUT2D eigenvalue weighted by Crippen LogP contribution is 2.22. The Hall–Kier alpha value is -1.37. The fraction of sp³-hybridized carbons (Fsp3) is 0.417. The van der Waals surface area contributed by atoms with Crippen molar-refractivity contribution in [1.29, 1.82) is 0 Å². The largest absolute Gasteiger partial charge is 0.481 e. The molecule has 1 fully saturated rings. The fourth-order valence-electron chi connectivity index (χ4n) is 2.02. The van der Waals surface area contributed by atoms with E-state index in [2.05, 4.69) is 4.98 Å². The first-order chi connectivity index (χ1) is 9.49. The third kappa shape index (κ3) is 3.39. The van der Waals surface area contributed by atoms with E-state index in [-0.39, 0.29) is 34.7 Å². The lowest BCUT2D eigenvalue weighted by Crippen LogP contribution is -2.49. The zero-order valence-electron chi connectivity index (χ0n) is 10.4. The number of amides is 1. The number of pyridine rings is 1. The van der Waals surface area contributed by atoms with Gasteiger partial charge in [0.2, 0.25) is 0 Å². The molecule has 0 radical (unpaired) electrons. The van der Waals surface area contributed by atoms with Crippen LogP contribution in [0.2, 0.25) is 10.2 Å². The number of hydrogen-bond donors (Lipinski definition) is 1. The maximum atomic E-state index is 12.5. The molecular weight excluding hydrogens is 307 g/mol. The second kappa shape index (κ2) is 6.39. The van der Waals surface area contributed by atoms with Gasteiger partial charge in [0.1, 0.15) is 5.15 Å². The van der Waals surface area contributed by atoms with E-state index in [1.54, 1.807) is 0 Å². The maximum Gasteiger partial charge on any atom is 0.305 e. The number of hydrogen-bond acceptors (Lipinski definition) is 4. The molecule has 1 unspecified atom stereocenters. The summed E-state index contributed by atoms with van der Waals surface area (Å²) in [6.45, 7) is 0.861. The van der Waals surface area contributed by atoms with Gasteiger partial charge in [-0.2, -0.15) is 0 Å². The summed E-state index contributed by atoms with van der Waals surface area (Å²) in [5.74, 6) is -1.36. The number of halogens is 2. The summed E-state index contributed by atoms with van der Waals surface area (Å²) < 4.78 is 5.22. The van der Waals surface area contributed by atoms with Crippen molar-refractivity contribution in [2.75, 3.05) is 19.8 Å². The highest BCUT2D eigenvalue weighted by Gasteiger charge is 2.30. The van der Waals surface area contributed by atoms with Gasteiger partial charge in [-0.25, -0.2) is 4.98 Å². The summed E-state index contributed by atoms with van der Waals surface area (Å²) >= 11 is 11.7. The number of ether oxygens (including phenoxy) is 1. The quantitative estimate of drug-likeness (QED) is 0.858. The first kappa shape index (κ1) is 15.0. The molecule has 2 rings (SSSR count). The minimum absolute atomic E-state index is 0.154. The summed E-state index contributed by atoms with van der Waals surface area (Å²) in [7, 11) is 0. The van der Waals surface area contributed by atoms with Crippen LogP contribution in [0.5, 0.6) is 0 Å². The van der Waals surface area contributed by atoms with Gasteiger partial charge in [-0.3, -0.25) is 9.59 Å². The van der Waals surface area contributed by atoms with Crippen LogP contribution < -0.4 is 0 Å². The Bertz CT molecular complexity index is 538. The smallest absolute Gasteiger partial charge is 0.305 e. The van der Waals surface area contributed by atoms with Gasteiger partial charge in [-0.05, 0) is 6.07 Å². The highest BCUT2D eigenvalue weighted by molar-refractivity contribution is 6.35. The van der Waals surface area contributed by atoms with E-state index in [1.807, 2.05) is 0 Å². The number of rotatable bonds is 3. The molecule has 6 nitrogen and oxygen atoms in total.